The van der Waals surface area contributed by atoms with Crippen molar-refractivity contribution in [3.8, 4) is 17.2 Å². The third kappa shape index (κ3) is 13.0. The van der Waals surface area contributed by atoms with Gasteiger partial charge in [0, 0.05) is 38.0 Å². The predicted molar refractivity (Wildman–Crippen MR) is 185 cm³/mol. The second kappa shape index (κ2) is 20.6. The van der Waals surface area contributed by atoms with E-state index in [1.165, 1.54) is 0 Å². The summed E-state index contributed by atoms with van der Waals surface area (Å²) in [7, 11) is 3.16. The normalized spacial score (nSPS) is 18.3. The number of hydrogen-bond acceptors (Lipinski definition) is 6. The number of rotatable bonds is 24. The lowest BCUT2D eigenvalue weighted by molar-refractivity contribution is -0.284. The van der Waals surface area contributed by atoms with Gasteiger partial charge in [-0.3, -0.25) is 4.79 Å². The molecule has 0 amide bonds. The maximum absolute atomic E-state index is 13.0. The van der Waals surface area contributed by atoms with E-state index in [-0.39, 0.29) is 37.8 Å². The van der Waals surface area contributed by atoms with Crippen LogP contribution in [0.3, 0.4) is 0 Å². The molecule has 1 heterocycles. The molecule has 1 N–H and O–H groups in total. The summed E-state index contributed by atoms with van der Waals surface area (Å²) in [5.74, 6) is -3.77. The molecule has 3 unspecified atom stereocenters. The van der Waals surface area contributed by atoms with Crippen LogP contribution in [0.1, 0.15) is 107 Å². The minimum atomic E-state index is -5.53. The number of carboxylic acids is 1. The third-order valence-corrected chi connectivity index (χ3v) is 9.63. The van der Waals surface area contributed by atoms with Gasteiger partial charge in [0.1, 0.15) is 17.2 Å². The summed E-state index contributed by atoms with van der Waals surface area (Å²) in [6.45, 7) is 3.03. The molecular formula is C39H53F5O7. The van der Waals surface area contributed by atoms with Crippen LogP contribution in [0.2, 0.25) is 0 Å². The van der Waals surface area contributed by atoms with E-state index in [4.69, 9.17) is 23.7 Å². The van der Waals surface area contributed by atoms with Gasteiger partial charge in [0.25, 0.3) is 0 Å². The average molecular weight is 729 g/mol. The van der Waals surface area contributed by atoms with Crippen molar-refractivity contribution in [3.63, 3.8) is 0 Å². The topological polar surface area (TPSA) is 83.5 Å². The number of benzene rings is 2. The van der Waals surface area contributed by atoms with Gasteiger partial charge in [-0.2, -0.15) is 22.0 Å². The molecule has 0 aliphatic carbocycles. The first-order chi connectivity index (χ1) is 24.3. The predicted octanol–water partition coefficient (Wildman–Crippen LogP) is 10.6. The highest BCUT2D eigenvalue weighted by Crippen LogP contribution is 2.49. The lowest BCUT2D eigenvalue weighted by Crippen LogP contribution is -2.40. The fourth-order valence-electron chi connectivity index (χ4n) is 6.53. The van der Waals surface area contributed by atoms with E-state index >= 15 is 0 Å². The minimum Gasteiger partial charge on any atom is -0.492 e. The molecule has 1 aliphatic heterocycles. The first-order valence-corrected chi connectivity index (χ1v) is 17.8. The Morgan fingerprint density at radius 2 is 1.45 bits per heavy atom. The summed E-state index contributed by atoms with van der Waals surface area (Å²) >= 11 is 0. The van der Waals surface area contributed by atoms with E-state index in [2.05, 4.69) is 37.3 Å². The van der Waals surface area contributed by atoms with Crippen LogP contribution in [0.15, 0.2) is 54.6 Å². The molecule has 0 saturated carbocycles. The van der Waals surface area contributed by atoms with Crippen LogP contribution < -0.4 is 14.2 Å². The monoisotopic (exact) mass is 728 g/mol. The molecule has 1 aliphatic rings. The molecule has 0 saturated heterocycles. The Balaban J connectivity index is 1.46. The lowest BCUT2D eigenvalue weighted by Gasteiger charge is -2.42. The maximum Gasteiger partial charge on any atom is 0.453 e. The Kier molecular flexibility index (Phi) is 17.0. The molecule has 0 bridgehead atoms. The van der Waals surface area contributed by atoms with Crippen LogP contribution >= 0.6 is 0 Å². The number of hydrogen-bond donors (Lipinski definition) is 1. The van der Waals surface area contributed by atoms with Gasteiger partial charge in [-0.1, -0.05) is 75.8 Å². The molecule has 0 fully saturated rings. The van der Waals surface area contributed by atoms with Crippen molar-refractivity contribution in [1.82, 2.24) is 0 Å². The van der Waals surface area contributed by atoms with Crippen molar-refractivity contribution in [2.45, 2.75) is 114 Å². The van der Waals surface area contributed by atoms with Gasteiger partial charge >= 0.3 is 18.1 Å². The van der Waals surface area contributed by atoms with Crippen LogP contribution in [0, 0.1) is 5.92 Å². The van der Waals surface area contributed by atoms with Gasteiger partial charge in [0.2, 0.25) is 0 Å². The van der Waals surface area contributed by atoms with E-state index in [1.807, 2.05) is 24.3 Å². The number of alkyl halides is 5. The molecule has 286 valence electrons. The SMILES string of the molecule is COCOc1ccc(C2(C)COc3cc(OCOC)ccc3C2C/C=C/CCCCCCC(CCCCCCC(F)(F)C(F)(F)F)C(=O)O)cc1. The molecule has 0 aromatic heterocycles. The van der Waals surface area contributed by atoms with Gasteiger partial charge in [0.05, 0.1) is 12.5 Å². The molecule has 3 atom stereocenters. The summed E-state index contributed by atoms with van der Waals surface area (Å²) < 4.78 is 90.5. The van der Waals surface area contributed by atoms with E-state index in [0.29, 0.717) is 38.0 Å². The molecular weight excluding hydrogens is 675 g/mol. The number of carbonyl (C=O) groups is 1. The first-order valence-electron chi connectivity index (χ1n) is 17.8. The fraction of sp³-hybridized carbons (Fsp3) is 0.615. The largest absolute Gasteiger partial charge is 0.492 e. The summed E-state index contributed by atoms with van der Waals surface area (Å²) in [4.78, 5) is 11.7. The zero-order valence-corrected chi connectivity index (χ0v) is 30.0. The van der Waals surface area contributed by atoms with Gasteiger partial charge < -0.3 is 28.8 Å². The Labute approximate surface area is 298 Å². The number of unbranched alkanes of at least 4 members (excludes halogenated alkanes) is 7. The first kappa shape index (κ1) is 42.0. The standard InChI is InChI=1S/C39H53F5O7/c1-37(30-18-20-31(21-19-30)50-27-47-2)26-49-35-25-32(51-28-48-3)22-23-33(35)34(37)17-13-8-6-4-5-7-11-15-29(36(45)46)16-12-9-10-14-24-38(40,41)39(42,43)44/h8,13,18-23,25,29,34H,4-7,9-12,14-17,24,26-28H2,1-3H3,(H,45,46)/b13-8+. The zero-order valence-electron chi connectivity index (χ0n) is 30.0. The van der Waals surface area contributed by atoms with Crippen molar-refractivity contribution in [3.05, 3.63) is 65.7 Å². The van der Waals surface area contributed by atoms with Gasteiger partial charge in [-0.15, -0.1) is 0 Å². The van der Waals surface area contributed by atoms with Gasteiger partial charge in [-0.25, -0.2) is 0 Å². The molecule has 12 heteroatoms. The number of fused-ring (bicyclic) bond motifs is 1. The molecule has 51 heavy (non-hydrogen) atoms. The summed E-state index contributed by atoms with van der Waals surface area (Å²) in [5.41, 5.74) is 1.93. The van der Waals surface area contributed by atoms with Crippen LogP contribution in [0.25, 0.3) is 0 Å². The van der Waals surface area contributed by atoms with Crippen molar-refractivity contribution >= 4 is 5.97 Å². The third-order valence-electron chi connectivity index (χ3n) is 9.63. The number of allylic oxidation sites excluding steroid dienone is 2. The van der Waals surface area contributed by atoms with Gasteiger partial charge in [-0.05, 0) is 67.9 Å². The summed E-state index contributed by atoms with van der Waals surface area (Å²) in [6, 6.07) is 14.0. The van der Waals surface area contributed by atoms with Gasteiger partial charge in [0.15, 0.2) is 13.6 Å². The Morgan fingerprint density at radius 3 is 2.06 bits per heavy atom. The van der Waals surface area contributed by atoms with E-state index in [1.54, 1.807) is 14.2 Å². The van der Waals surface area contributed by atoms with Crippen molar-refractivity contribution < 1.29 is 55.5 Å². The zero-order chi connectivity index (χ0) is 37.3. The fourth-order valence-corrected chi connectivity index (χ4v) is 6.53. The number of methoxy groups -OCH3 is 2. The van der Waals surface area contributed by atoms with Crippen molar-refractivity contribution in [1.29, 1.82) is 0 Å². The second-order valence-electron chi connectivity index (χ2n) is 13.5. The molecule has 0 spiro atoms. The smallest absolute Gasteiger partial charge is 0.453 e. The lowest BCUT2D eigenvalue weighted by atomic mass is 9.66. The summed E-state index contributed by atoms with van der Waals surface area (Å²) in [6.07, 6.45) is 4.80. The highest BCUT2D eigenvalue weighted by atomic mass is 19.4. The number of aliphatic carboxylic acids is 1. The molecule has 2 aromatic rings. The van der Waals surface area contributed by atoms with Crippen LogP contribution in [-0.2, 0) is 19.7 Å². The van der Waals surface area contributed by atoms with Crippen LogP contribution in [-0.4, -0.2) is 57.6 Å². The highest BCUT2D eigenvalue weighted by molar-refractivity contribution is 5.69. The number of halogens is 5. The van der Waals surface area contributed by atoms with Crippen molar-refractivity contribution in [2.24, 2.45) is 5.92 Å². The van der Waals surface area contributed by atoms with E-state index < -0.39 is 30.4 Å². The minimum absolute atomic E-state index is 0.133. The number of ether oxygens (including phenoxy) is 5. The molecule has 7 nitrogen and oxygen atoms in total. The molecule has 3 rings (SSSR count). The second-order valence-corrected chi connectivity index (χ2v) is 13.5. The quantitative estimate of drug-likeness (QED) is 0.0499. The Bertz CT molecular complexity index is 1350. The Hall–Kier alpha value is -3.38. The van der Waals surface area contributed by atoms with Crippen LogP contribution in [0.5, 0.6) is 17.2 Å². The highest BCUT2D eigenvalue weighted by Gasteiger charge is 2.56. The number of carboxylic acid groups (broad SMARTS) is 1. The van der Waals surface area contributed by atoms with Crippen molar-refractivity contribution in [2.75, 3.05) is 34.4 Å². The molecule has 2 aromatic carbocycles. The maximum atomic E-state index is 13.0. The summed E-state index contributed by atoms with van der Waals surface area (Å²) in [5, 5.41) is 9.58. The van der Waals surface area contributed by atoms with E-state index in [9.17, 15) is 31.9 Å². The Morgan fingerprint density at radius 1 is 0.863 bits per heavy atom. The van der Waals surface area contributed by atoms with Crippen LogP contribution in [0.4, 0.5) is 22.0 Å². The van der Waals surface area contributed by atoms with E-state index in [0.717, 1.165) is 61.2 Å². The average Bonchev–Trinajstić information content (AvgIpc) is 3.09. The molecule has 0 radical (unpaired) electrons.